The number of nitrogens with zero attached hydrogens (tertiary/aromatic N) is 3. The number of rotatable bonds is 3. The molecule has 1 aromatic heterocycles. The number of carbonyl (C=O) groups is 1. The van der Waals surface area contributed by atoms with Crippen molar-refractivity contribution in [3.63, 3.8) is 0 Å². The van der Waals surface area contributed by atoms with Gasteiger partial charge in [0, 0.05) is 12.1 Å². The highest BCUT2D eigenvalue weighted by atomic mass is 32.2. The van der Waals surface area contributed by atoms with Crippen molar-refractivity contribution in [3.8, 4) is 0 Å². The summed E-state index contributed by atoms with van der Waals surface area (Å²) in [6.07, 6.45) is 0.626. The first kappa shape index (κ1) is 14.9. The molecule has 1 aliphatic heterocycles. The lowest BCUT2D eigenvalue weighted by Crippen LogP contribution is -2.25. The molecule has 0 radical (unpaired) electrons. The Bertz CT molecular complexity index is 803. The van der Waals surface area contributed by atoms with Gasteiger partial charge in [0.2, 0.25) is 15.2 Å². The fourth-order valence-electron chi connectivity index (χ4n) is 2.38. The predicted molar refractivity (Wildman–Crippen MR) is 84.8 cm³/mol. The summed E-state index contributed by atoms with van der Waals surface area (Å²) in [6.45, 7) is 2.26. The molecule has 2 heterocycles. The van der Waals surface area contributed by atoms with Crippen molar-refractivity contribution in [2.45, 2.75) is 13.3 Å². The largest absolute Gasteiger partial charge is 0.296 e. The van der Waals surface area contributed by atoms with Crippen LogP contribution in [0.5, 0.6) is 0 Å². The first-order chi connectivity index (χ1) is 10.5. The quantitative estimate of drug-likeness (QED) is 0.918. The van der Waals surface area contributed by atoms with Crippen LogP contribution in [-0.4, -0.2) is 36.8 Å². The van der Waals surface area contributed by atoms with Crippen LogP contribution in [0.1, 0.15) is 22.3 Å². The smallest absolute Gasteiger partial charge is 0.257 e. The van der Waals surface area contributed by atoms with Crippen molar-refractivity contribution in [1.29, 1.82) is 0 Å². The van der Waals surface area contributed by atoms with Gasteiger partial charge in [0.1, 0.15) is 5.51 Å². The van der Waals surface area contributed by atoms with E-state index in [-0.39, 0.29) is 11.7 Å². The lowest BCUT2D eigenvalue weighted by molar-refractivity contribution is 0.102. The molecule has 1 fully saturated rings. The second-order valence-electron chi connectivity index (χ2n) is 4.94. The van der Waals surface area contributed by atoms with E-state index in [2.05, 4.69) is 15.5 Å². The fraction of sp³-hybridized carbons (Fsp3) is 0.308. The number of anilines is 2. The number of sulfonamides is 1. The molecule has 0 bridgehead atoms. The maximum absolute atomic E-state index is 12.2. The molecule has 0 saturated carbocycles. The van der Waals surface area contributed by atoms with Crippen molar-refractivity contribution in [2.24, 2.45) is 0 Å². The Morgan fingerprint density at radius 3 is 2.82 bits per heavy atom. The summed E-state index contributed by atoms with van der Waals surface area (Å²) < 4.78 is 25.3. The van der Waals surface area contributed by atoms with E-state index < -0.39 is 10.0 Å². The zero-order chi connectivity index (χ0) is 15.7. The van der Waals surface area contributed by atoms with E-state index in [0.29, 0.717) is 34.9 Å². The third kappa shape index (κ3) is 2.81. The number of aromatic nitrogens is 2. The van der Waals surface area contributed by atoms with E-state index in [1.807, 2.05) is 0 Å². The number of amides is 1. The highest BCUT2D eigenvalue weighted by Crippen LogP contribution is 2.26. The molecule has 1 saturated heterocycles. The Balaban J connectivity index is 1.85. The monoisotopic (exact) mass is 338 g/mol. The third-order valence-electron chi connectivity index (χ3n) is 3.42. The molecule has 22 heavy (non-hydrogen) atoms. The lowest BCUT2D eigenvalue weighted by atomic mass is 10.1. The highest BCUT2D eigenvalue weighted by molar-refractivity contribution is 7.93. The van der Waals surface area contributed by atoms with Crippen molar-refractivity contribution in [1.82, 2.24) is 10.2 Å². The van der Waals surface area contributed by atoms with Crippen LogP contribution in [-0.2, 0) is 10.0 Å². The number of aryl methyl sites for hydroxylation is 1. The number of benzene rings is 1. The van der Waals surface area contributed by atoms with E-state index in [1.165, 1.54) is 21.2 Å². The van der Waals surface area contributed by atoms with E-state index in [1.54, 1.807) is 25.1 Å². The molecule has 1 amide bonds. The predicted octanol–water partition coefficient (Wildman–Crippen LogP) is 1.64. The van der Waals surface area contributed by atoms with Crippen molar-refractivity contribution >= 4 is 38.1 Å². The van der Waals surface area contributed by atoms with Crippen molar-refractivity contribution < 1.29 is 13.2 Å². The van der Waals surface area contributed by atoms with Gasteiger partial charge < -0.3 is 0 Å². The number of carbonyl (C=O) groups excluding carboxylic acids is 1. The molecular weight excluding hydrogens is 324 g/mol. The Morgan fingerprint density at radius 2 is 2.23 bits per heavy atom. The summed E-state index contributed by atoms with van der Waals surface area (Å²) in [5.41, 5.74) is 3.32. The van der Waals surface area contributed by atoms with E-state index in [9.17, 15) is 13.2 Å². The molecular formula is C13H14N4O3S2. The minimum absolute atomic E-state index is 0.172. The average Bonchev–Trinajstić information content (AvgIpc) is 3.07. The molecule has 9 heteroatoms. The van der Waals surface area contributed by atoms with Gasteiger partial charge in [0.25, 0.3) is 5.91 Å². The summed E-state index contributed by atoms with van der Waals surface area (Å²) in [5, 5.41) is 10.5. The van der Waals surface area contributed by atoms with Gasteiger partial charge in [0.15, 0.2) is 0 Å². The summed E-state index contributed by atoms with van der Waals surface area (Å²) in [4.78, 5) is 12.2. The van der Waals surface area contributed by atoms with Gasteiger partial charge in [-0.2, -0.15) is 0 Å². The summed E-state index contributed by atoms with van der Waals surface area (Å²) in [7, 11) is -3.21. The average molecular weight is 338 g/mol. The van der Waals surface area contributed by atoms with Gasteiger partial charge in [-0.05, 0) is 37.1 Å². The Labute approximate surface area is 132 Å². The molecule has 1 aromatic carbocycles. The van der Waals surface area contributed by atoms with Gasteiger partial charge in [-0.3, -0.25) is 14.4 Å². The standard InChI is InChI=1S/C13H14N4O3S2/c1-9-7-10(17-5-2-6-22(17,19)20)3-4-11(9)12(18)15-13-16-14-8-21-13/h3-4,7-8H,2,5-6H2,1H3,(H,15,16,18). The van der Waals surface area contributed by atoms with Crippen LogP contribution < -0.4 is 9.62 Å². The van der Waals surface area contributed by atoms with Crippen molar-refractivity contribution in [3.05, 3.63) is 34.8 Å². The molecule has 1 N–H and O–H groups in total. The van der Waals surface area contributed by atoms with Crippen molar-refractivity contribution in [2.75, 3.05) is 21.9 Å². The minimum Gasteiger partial charge on any atom is -0.296 e. The van der Waals surface area contributed by atoms with E-state index >= 15 is 0 Å². The minimum atomic E-state index is -3.21. The van der Waals surface area contributed by atoms with Gasteiger partial charge in [-0.1, -0.05) is 11.3 Å². The number of hydrogen-bond acceptors (Lipinski definition) is 6. The fourth-order valence-corrected chi connectivity index (χ4v) is 4.38. The van der Waals surface area contributed by atoms with Crippen LogP contribution in [0, 0.1) is 6.92 Å². The Kier molecular flexibility index (Phi) is 3.83. The zero-order valence-corrected chi connectivity index (χ0v) is 13.4. The molecule has 116 valence electrons. The highest BCUT2D eigenvalue weighted by Gasteiger charge is 2.28. The SMILES string of the molecule is Cc1cc(N2CCCS2(=O)=O)ccc1C(=O)Nc1nncs1. The maximum atomic E-state index is 12.2. The third-order valence-corrected chi connectivity index (χ3v) is 5.90. The second kappa shape index (κ2) is 5.65. The van der Waals surface area contributed by atoms with Crippen LogP contribution in [0.4, 0.5) is 10.8 Å². The Hall–Kier alpha value is -2.00. The van der Waals surface area contributed by atoms with E-state index in [0.717, 1.165) is 0 Å². The lowest BCUT2D eigenvalue weighted by Gasteiger charge is -2.18. The molecule has 7 nitrogen and oxygen atoms in total. The summed E-state index contributed by atoms with van der Waals surface area (Å²) >= 11 is 1.23. The second-order valence-corrected chi connectivity index (χ2v) is 7.78. The van der Waals surface area contributed by atoms with Gasteiger partial charge >= 0.3 is 0 Å². The van der Waals surface area contributed by atoms with Crippen LogP contribution in [0.25, 0.3) is 0 Å². The molecule has 0 spiro atoms. The first-order valence-corrected chi connectivity index (χ1v) is 9.15. The number of nitrogens with one attached hydrogen (secondary N) is 1. The van der Waals surface area contributed by atoms with Gasteiger partial charge in [-0.25, -0.2) is 8.42 Å². The van der Waals surface area contributed by atoms with Crippen LogP contribution in [0.15, 0.2) is 23.7 Å². The topological polar surface area (TPSA) is 92.3 Å². The summed E-state index contributed by atoms with van der Waals surface area (Å²) in [5.74, 6) is -0.115. The normalized spacial score (nSPS) is 16.7. The maximum Gasteiger partial charge on any atom is 0.257 e. The molecule has 2 aromatic rings. The van der Waals surface area contributed by atoms with Crippen LogP contribution in [0.2, 0.25) is 0 Å². The van der Waals surface area contributed by atoms with E-state index in [4.69, 9.17) is 0 Å². The zero-order valence-electron chi connectivity index (χ0n) is 11.8. The molecule has 0 aliphatic carbocycles. The van der Waals surface area contributed by atoms with Gasteiger partial charge in [-0.15, -0.1) is 10.2 Å². The molecule has 0 unspecified atom stereocenters. The Morgan fingerprint density at radius 1 is 1.41 bits per heavy atom. The first-order valence-electron chi connectivity index (χ1n) is 6.66. The summed E-state index contributed by atoms with van der Waals surface area (Å²) in [6, 6.07) is 5.01. The number of hydrogen-bond donors (Lipinski definition) is 1. The molecule has 0 atom stereocenters. The molecule has 3 rings (SSSR count). The van der Waals surface area contributed by atoms with Gasteiger partial charge in [0.05, 0.1) is 11.4 Å². The van der Waals surface area contributed by atoms with Crippen LogP contribution in [0.3, 0.4) is 0 Å². The van der Waals surface area contributed by atoms with Crippen LogP contribution >= 0.6 is 11.3 Å². The molecule has 1 aliphatic rings.